The van der Waals surface area contributed by atoms with Crippen LogP contribution in [0.1, 0.15) is 18.5 Å². The minimum absolute atomic E-state index is 0.122. The Morgan fingerprint density at radius 1 is 1.50 bits per heavy atom. The first-order valence-electron chi connectivity index (χ1n) is 5.18. The fourth-order valence-electron chi connectivity index (χ4n) is 2.07. The van der Waals surface area contributed by atoms with E-state index in [0.717, 1.165) is 0 Å². The molecule has 1 aromatic heterocycles. The van der Waals surface area contributed by atoms with Crippen molar-refractivity contribution in [3.63, 3.8) is 0 Å². The number of carbonyl (C=O) groups is 1. The van der Waals surface area contributed by atoms with Gasteiger partial charge in [-0.25, -0.2) is 9.97 Å². The zero-order chi connectivity index (χ0) is 11.6. The number of carboxylic acids is 1. The van der Waals surface area contributed by atoms with E-state index in [9.17, 15) is 9.90 Å². The lowest BCUT2D eigenvalue weighted by Gasteiger charge is -2.32. The molecular formula is C10H14N4O2. The summed E-state index contributed by atoms with van der Waals surface area (Å²) in [5.74, 6) is -0.719. The monoisotopic (exact) mass is 222 g/mol. The Morgan fingerprint density at radius 3 is 2.75 bits per heavy atom. The van der Waals surface area contributed by atoms with E-state index in [-0.39, 0.29) is 5.95 Å². The van der Waals surface area contributed by atoms with Crippen LogP contribution in [-0.4, -0.2) is 34.1 Å². The second kappa shape index (κ2) is 4.05. The molecule has 1 saturated heterocycles. The zero-order valence-corrected chi connectivity index (χ0v) is 8.81. The molecule has 6 heteroatoms. The molecule has 0 spiro atoms. The molecule has 0 aromatic carbocycles. The first-order chi connectivity index (χ1) is 7.65. The van der Waals surface area contributed by atoms with Gasteiger partial charge in [-0.15, -0.1) is 0 Å². The summed E-state index contributed by atoms with van der Waals surface area (Å²) in [7, 11) is 0. The van der Waals surface area contributed by atoms with Gasteiger partial charge in [0.05, 0.1) is 5.69 Å². The van der Waals surface area contributed by atoms with Gasteiger partial charge in [0.2, 0.25) is 5.95 Å². The topological polar surface area (TPSA) is 101 Å². The van der Waals surface area contributed by atoms with Gasteiger partial charge in [-0.1, -0.05) is 0 Å². The molecule has 0 amide bonds. The van der Waals surface area contributed by atoms with Crippen molar-refractivity contribution in [1.82, 2.24) is 15.3 Å². The van der Waals surface area contributed by atoms with Crippen LogP contribution in [0.4, 0.5) is 5.95 Å². The summed E-state index contributed by atoms with van der Waals surface area (Å²) in [6.07, 6.45) is 2.56. The fraction of sp³-hybridized carbons (Fsp3) is 0.500. The third-order valence-corrected chi connectivity index (χ3v) is 3.03. The van der Waals surface area contributed by atoms with Crippen LogP contribution in [0.2, 0.25) is 0 Å². The van der Waals surface area contributed by atoms with Crippen LogP contribution in [-0.2, 0) is 10.2 Å². The van der Waals surface area contributed by atoms with Gasteiger partial charge in [0.1, 0.15) is 5.41 Å². The lowest BCUT2D eigenvalue weighted by atomic mass is 9.76. The minimum Gasteiger partial charge on any atom is -0.481 e. The second-order valence-electron chi connectivity index (χ2n) is 3.94. The maximum Gasteiger partial charge on any atom is 0.315 e. The maximum absolute atomic E-state index is 11.5. The van der Waals surface area contributed by atoms with Gasteiger partial charge in [-0.3, -0.25) is 4.79 Å². The number of rotatable bonds is 2. The summed E-state index contributed by atoms with van der Waals surface area (Å²) in [5, 5.41) is 12.5. The summed E-state index contributed by atoms with van der Waals surface area (Å²) < 4.78 is 0. The number of aromatic nitrogens is 2. The Bertz CT molecular complexity index is 402. The lowest BCUT2D eigenvalue weighted by molar-refractivity contribution is -0.145. The second-order valence-corrected chi connectivity index (χ2v) is 3.94. The van der Waals surface area contributed by atoms with Crippen molar-refractivity contribution in [2.45, 2.75) is 18.3 Å². The Kier molecular flexibility index (Phi) is 2.74. The Labute approximate surface area is 92.9 Å². The first-order valence-corrected chi connectivity index (χ1v) is 5.18. The Hall–Kier alpha value is -1.69. The number of nitrogens with zero attached hydrogens (tertiary/aromatic N) is 2. The van der Waals surface area contributed by atoms with Gasteiger partial charge >= 0.3 is 5.97 Å². The Morgan fingerprint density at radius 2 is 2.19 bits per heavy atom. The van der Waals surface area contributed by atoms with Gasteiger partial charge in [0.15, 0.2) is 0 Å². The number of carboxylic acid groups (broad SMARTS) is 1. The number of hydrogen-bond acceptors (Lipinski definition) is 5. The van der Waals surface area contributed by atoms with E-state index >= 15 is 0 Å². The average molecular weight is 222 g/mol. The van der Waals surface area contributed by atoms with Crippen molar-refractivity contribution in [3.8, 4) is 0 Å². The van der Waals surface area contributed by atoms with E-state index in [0.29, 0.717) is 31.6 Å². The Balaban J connectivity index is 2.42. The van der Waals surface area contributed by atoms with Crippen molar-refractivity contribution < 1.29 is 9.90 Å². The molecular weight excluding hydrogens is 208 g/mol. The normalized spacial score (nSPS) is 19.2. The lowest BCUT2D eigenvalue weighted by Crippen LogP contribution is -2.46. The molecule has 2 rings (SSSR count). The molecule has 16 heavy (non-hydrogen) atoms. The van der Waals surface area contributed by atoms with Crippen molar-refractivity contribution in [2.24, 2.45) is 0 Å². The highest BCUT2D eigenvalue weighted by molar-refractivity contribution is 5.81. The number of anilines is 1. The minimum atomic E-state index is -0.914. The quantitative estimate of drug-likeness (QED) is 0.638. The zero-order valence-electron chi connectivity index (χ0n) is 8.81. The summed E-state index contributed by atoms with van der Waals surface area (Å²) in [5.41, 5.74) is 5.09. The van der Waals surface area contributed by atoms with Crippen molar-refractivity contribution in [1.29, 1.82) is 0 Å². The van der Waals surface area contributed by atoms with Crippen LogP contribution < -0.4 is 11.1 Å². The SMILES string of the molecule is Nc1nccc(C2(C(=O)O)CCNCC2)n1. The number of aliphatic carboxylic acids is 1. The molecule has 1 aromatic rings. The predicted molar refractivity (Wildman–Crippen MR) is 57.9 cm³/mol. The van der Waals surface area contributed by atoms with Gasteiger partial charge in [0, 0.05) is 6.20 Å². The average Bonchev–Trinajstić information content (AvgIpc) is 2.30. The molecule has 1 aliphatic rings. The molecule has 0 radical (unpaired) electrons. The fourth-order valence-corrected chi connectivity index (χ4v) is 2.07. The number of nitrogens with one attached hydrogen (secondary N) is 1. The molecule has 0 aliphatic carbocycles. The van der Waals surface area contributed by atoms with E-state index < -0.39 is 11.4 Å². The molecule has 0 bridgehead atoms. The van der Waals surface area contributed by atoms with E-state index in [2.05, 4.69) is 15.3 Å². The largest absolute Gasteiger partial charge is 0.481 e. The summed E-state index contributed by atoms with van der Waals surface area (Å²) in [6, 6.07) is 1.63. The van der Waals surface area contributed by atoms with Crippen LogP contribution in [0.3, 0.4) is 0 Å². The van der Waals surface area contributed by atoms with Crippen molar-refractivity contribution in [2.75, 3.05) is 18.8 Å². The molecule has 86 valence electrons. The highest BCUT2D eigenvalue weighted by Gasteiger charge is 2.42. The van der Waals surface area contributed by atoms with Crippen molar-refractivity contribution >= 4 is 11.9 Å². The number of hydrogen-bond donors (Lipinski definition) is 3. The van der Waals surface area contributed by atoms with Gasteiger partial charge < -0.3 is 16.2 Å². The maximum atomic E-state index is 11.5. The third kappa shape index (κ3) is 1.71. The van der Waals surface area contributed by atoms with Gasteiger partial charge in [-0.2, -0.15) is 0 Å². The van der Waals surface area contributed by atoms with Crippen LogP contribution in [0.25, 0.3) is 0 Å². The number of piperidine rings is 1. The third-order valence-electron chi connectivity index (χ3n) is 3.03. The smallest absolute Gasteiger partial charge is 0.315 e. The summed E-state index contributed by atoms with van der Waals surface area (Å²) in [4.78, 5) is 19.3. The molecule has 0 atom stereocenters. The van der Waals surface area contributed by atoms with Crippen LogP contribution in [0.5, 0.6) is 0 Å². The molecule has 1 fully saturated rings. The van der Waals surface area contributed by atoms with E-state index in [1.165, 1.54) is 6.20 Å². The van der Waals surface area contributed by atoms with Crippen LogP contribution >= 0.6 is 0 Å². The molecule has 1 aliphatic heterocycles. The standard InChI is InChI=1S/C10H14N4O2/c11-9-13-4-1-7(14-9)10(8(15)16)2-5-12-6-3-10/h1,4,12H,2-3,5-6H2,(H,15,16)(H2,11,13,14). The number of nitrogen functional groups attached to an aromatic ring is 1. The molecule has 0 unspecified atom stereocenters. The van der Waals surface area contributed by atoms with Crippen molar-refractivity contribution in [3.05, 3.63) is 18.0 Å². The van der Waals surface area contributed by atoms with E-state index in [1.54, 1.807) is 6.07 Å². The molecule has 0 saturated carbocycles. The molecule has 4 N–H and O–H groups in total. The van der Waals surface area contributed by atoms with Crippen LogP contribution in [0.15, 0.2) is 12.3 Å². The van der Waals surface area contributed by atoms with E-state index in [1.807, 2.05) is 0 Å². The van der Waals surface area contributed by atoms with Gasteiger partial charge in [0.25, 0.3) is 0 Å². The molecule has 6 nitrogen and oxygen atoms in total. The van der Waals surface area contributed by atoms with Crippen LogP contribution in [0, 0.1) is 0 Å². The summed E-state index contributed by atoms with van der Waals surface area (Å²) >= 11 is 0. The predicted octanol–water partition coefficient (Wildman–Crippen LogP) is -0.235. The highest BCUT2D eigenvalue weighted by Crippen LogP contribution is 2.32. The first kappa shape index (κ1) is 10.8. The van der Waals surface area contributed by atoms with Gasteiger partial charge in [-0.05, 0) is 32.0 Å². The highest BCUT2D eigenvalue weighted by atomic mass is 16.4. The van der Waals surface area contributed by atoms with E-state index in [4.69, 9.17) is 5.73 Å². The summed E-state index contributed by atoms with van der Waals surface area (Å²) in [6.45, 7) is 1.35. The molecule has 2 heterocycles. The number of nitrogens with two attached hydrogens (primary N) is 1.